The lowest BCUT2D eigenvalue weighted by Crippen LogP contribution is -2.49. The van der Waals surface area contributed by atoms with Gasteiger partial charge in [-0.3, -0.25) is 4.90 Å². The molecule has 33 heavy (non-hydrogen) atoms. The molecule has 0 aromatic heterocycles. The van der Waals surface area contributed by atoms with Crippen molar-refractivity contribution in [2.45, 2.75) is 25.9 Å². The molecular weight excluding hydrogens is 463 g/mol. The Morgan fingerprint density at radius 3 is 2.21 bits per heavy atom. The van der Waals surface area contributed by atoms with Crippen LogP contribution in [-0.4, -0.2) is 75.8 Å². The van der Waals surface area contributed by atoms with Gasteiger partial charge in [-0.05, 0) is 41.8 Å². The number of hydrogen-bond donors (Lipinski definition) is 1. The Labute approximate surface area is 210 Å². The Bertz CT molecular complexity index is 784. The zero-order valence-electron chi connectivity index (χ0n) is 19.8. The number of hydrogen-bond acceptors (Lipinski definition) is 6. The summed E-state index contributed by atoms with van der Waals surface area (Å²) in [6.07, 6.45) is -0.490. The Morgan fingerprint density at radius 1 is 0.909 bits per heavy atom. The van der Waals surface area contributed by atoms with Crippen molar-refractivity contribution in [2.24, 2.45) is 0 Å². The lowest BCUT2D eigenvalue weighted by Gasteiger charge is -2.36. The zero-order chi connectivity index (χ0) is 22.1. The lowest BCUT2D eigenvalue weighted by molar-refractivity contribution is 0.00709. The number of methoxy groups -OCH3 is 1. The summed E-state index contributed by atoms with van der Waals surface area (Å²) in [6, 6.07) is 16.3. The molecule has 0 radical (unpaired) electrons. The molecule has 1 N–H and O–H groups in total. The molecule has 1 unspecified atom stereocenters. The molecule has 0 bridgehead atoms. The second kappa shape index (κ2) is 15.3. The van der Waals surface area contributed by atoms with Gasteiger partial charge in [-0.25, -0.2) is 0 Å². The monoisotopic (exact) mass is 500 g/mol. The van der Waals surface area contributed by atoms with Crippen LogP contribution in [0.4, 0.5) is 5.69 Å². The van der Waals surface area contributed by atoms with Gasteiger partial charge < -0.3 is 24.2 Å². The van der Waals surface area contributed by atoms with Gasteiger partial charge >= 0.3 is 0 Å². The van der Waals surface area contributed by atoms with Crippen LogP contribution in [0.2, 0.25) is 0 Å². The summed E-state index contributed by atoms with van der Waals surface area (Å²) >= 11 is 0. The number of piperazine rings is 1. The van der Waals surface area contributed by atoms with E-state index in [1.807, 2.05) is 30.3 Å². The molecule has 0 spiro atoms. The molecule has 1 aliphatic rings. The molecule has 3 rings (SSSR count). The number of aliphatic hydroxyl groups excluding tert-OH is 1. The second-order valence-corrected chi connectivity index (χ2v) is 8.26. The van der Waals surface area contributed by atoms with Crippen molar-refractivity contribution in [1.82, 2.24) is 4.90 Å². The number of benzene rings is 2. The number of rotatable bonds is 11. The van der Waals surface area contributed by atoms with Crippen molar-refractivity contribution >= 4 is 30.5 Å². The topological polar surface area (TPSA) is 54.4 Å². The maximum Gasteiger partial charge on any atom is 0.122 e. The van der Waals surface area contributed by atoms with Gasteiger partial charge in [0.15, 0.2) is 0 Å². The zero-order valence-corrected chi connectivity index (χ0v) is 21.4. The molecule has 1 saturated heterocycles. The van der Waals surface area contributed by atoms with Crippen molar-refractivity contribution in [3.63, 3.8) is 0 Å². The first-order valence-electron chi connectivity index (χ1n) is 11.2. The fourth-order valence-corrected chi connectivity index (χ4v) is 3.85. The molecule has 186 valence electrons. The molecule has 1 aliphatic heterocycles. The summed E-state index contributed by atoms with van der Waals surface area (Å²) in [4.78, 5) is 4.66. The van der Waals surface area contributed by atoms with Crippen molar-refractivity contribution in [1.29, 1.82) is 0 Å². The molecule has 2 aromatic carbocycles. The first-order valence-corrected chi connectivity index (χ1v) is 11.2. The van der Waals surface area contributed by atoms with Crippen LogP contribution in [0.1, 0.15) is 25.3 Å². The van der Waals surface area contributed by atoms with E-state index in [9.17, 15) is 5.11 Å². The third-order valence-corrected chi connectivity index (χ3v) is 5.62. The summed E-state index contributed by atoms with van der Waals surface area (Å²) in [5.41, 5.74) is 2.42. The summed E-state index contributed by atoms with van der Waals surface area (Å²) in [7, 11) is 1.68. The van der Waals surface area contributed by atoms with Crippen LogP contribution in [0, 0.1) is 0 Å². The van der Waals surface area contributed by atoms with Crippen molar-refractivity contribution in [2.75, 3.05) is 64.6 Å². The number of para-hydroxylation sites is 1. The maximum atomic E-state index is 10.3. The van der Waals surface area contributed by atoms with Gasteiger partial charge in [-0.15, -0.1) is 24.8 Å². The molecule has 1 fully saturated rings. The first kappa shape index (κ1) is 29.3. The van der Waals surface area contributed by atoms with E-state index < -0.39 is 6.10 Å². The lowest BCUT2D eigenvalue weighted by atomic mass is 10.0. The summed E-state index contributed by atoms with van der Waals surface area (Å²) in [5, 5.41) is 10.3. The third kappa shape index (κ3) is 9.22. The van der Waals surface area contributed by atoms with E-state index in [1.54, 1.807) is 7.11 Å². The van der Waals surface area contributed by atoms with Gasteiger partial charge in [0.1, 0.15) is 18.1 Å². The van der Waals surface area contributed by atoms with Crippen molar-refractivity contribution in [3.8, 4) is 11.5 Å². The molecule has 6 nitrogen and oxygen atoms in total. The minimum Gasteiger partial charge on any atom is -0.497 e. The van der Waals surface area contributed by atoms with E-state index in [4.69, 9.17) is 14.2 Å². The highest BCUT2D eigenvalue weighted by atomic mass is 35.5. The molecule has 2 aromatic rings. The normalized spacial score (nSPS) is 14.9. The van der Waals surface area contributed by atoms with Crippen molar-refractivity contribution < 1.29 is 19.3 Å². The first-order chi connectivity index (χ1) is 15.1. The third-order valence-electron chi connectivity index (χ3n) is 5.62. The minimum absolute atomic E-state index is 0. The fraction of sp³-hybridized carbons (Fsp3) is 0.520. The van der Waals surface area contributed by atoms with Gasteiger partial charge in [-0.1, -0.05) is 32.0 Å². The van der Waals surface area contributed by atoms with Crippen LogP contribution in [0.5, 0.6) is 11.5 Å². The number of nitrogens with zero attached hydrogens (tertiary/aromatic N) is 2. The average Bonchev–Trinajstić information content (AvgIpc) is 2.79. The van der Waals surface area contributed by atoms with E-state index in [2.05, 4.69) is 41.8 Å². The van der Waals surface area contributed by atoms with E-state index in [1.165, 1.54) is 11.3 Å². The fourth-order valence-electron chi connectivity index (χ4n) is 3.85. The predicted molar refractivity (Wildman–Crippen MR) is 139 cm³/mol. The maximum absolute atomic E-state index is 10.3. The van der Waals surface area contributed by atoms with Gasteiger partial charge in [0.25, 0.3) is 0 Å². The number of halogens is 2. The Balaban J connectivity index is 0.00000272. The van der Waals surface area contributed by atoms with Gasteiger partial charge in [0.05, 0.1) is 26.4 Å². The average molecular weight is 501 g/mol. The van der Waals surface area contributed by atoms with Crippen LogP contribution in [0.3, 0.4) is 0 Å². The second-order valence-electron chi connectivity index (χ2n) is 8.26. The molecule has 0 saturated carbocycles. The molecular formula is C25H38Cl2N2O4. The van der Waals surface area contributed by atoms with Gasteiger partial charge in [-0.2, -0.15) is 0 Å². The van der Waals surface area contributed by atoms with Crippen molar-refractivity contribution in [3.05, 3.63) is 54.1 Å². The number of ether oxygens (including phenoxy) is 3. The predicted octanol–water partition coefficient (Wildman–Crippen LogP) is 4.24. The minimum atomic E-state index is -0.490. The van der Waals surface area contributed by atoms with E-state index in [0.717, 1.165) is 37.7 Å². The molecule has 1 atom stereocenters. The standard InChI is InChI=1S/C25H36N2O4.2ClH/c1-20(2)24-6-4-5-7-25(24)31-17-16-30-19-22(28)18-26-12-14-27(15-13-26)21-8-10-23(29-3)11-9-21;;/h4-11,20,22,28H,12-19H2,1-3H3;2*1H. The SMILES string of the molecule is COc1ccc(N2CCN(CC(O)COCCOc3ccccc3C(C)C)CC2)cc1.Cl.Cl. The van der Waals surface area contributed by atoms with E-state index >= 15 is 0 Å². The number of anilines is 1. The highest BCUT2D eigenvalue weighted by Gasteiger charge is 2.19. The van der Waals surface area contributed by atoms with Crippen LogP contribution in [-0.2, 0) is 4.74 Å². The highest BCUT2D eigenvalue weighted by Crippen LogP contribution is 2.25. The van der Waals surface area contributed by atoms with Crippen LogP contribution >= 0.6 is 24.8 Å². The summed E-state index contributed by atoms with van der Waals surface area (Å²) < 4.78 is 16.7. The van der Waals surface area contributed by atoms with Crippen LogP contribution in [0.15, 0.2) is 48.5 Å². The largest absolute Gasteiger partial charge is 0.497 e. The Kier molecular flexibility index (Phi) is 13.6. The molecule has 0 amide bonds. The quantitative estimate of drug-likeness (QED) is 0.465. The van der Waals surface area contributed by atoms with E-state index in [0.29, 0.717) is 32.3 Å². The van der Waals surface area contributed by atoms with Gasteiger partial charge in [0, 0.05) is 38.4 Å². The number of β-amino-alcohol motifs (C(OH)–C–C–N with tert-alkyl or cyclic N) is 1. The smallest absolute Gasteiger partial charge is 0.122 e. The molecule has 1 heterocycles. The van der Waals surface area contributed by atoms with Crippen LogP contribution in [0.25, 0.3) is 0 Å². The summed E-state index contributed by atoms with van der Waals surface area (Å²) in [5.74, 6) is 2.21. The molecule has 0 aliphatic carbocycles. The Hall–Kier alpha value is -1.70. The van der Waals surface area contributed by atoms with Crippen LogP contribution < -0.4 is 14.4 Å². The van der Waals surface area contributed by atoms with E-state index in [-0.39, 0.29) is 24.8 Å². The molecule has 8 heteroatoms. The highest BCUT2D eigenvalue weighted by molar-refractivity contribution is 5.85. The summed E-state index contributed by atoms with van der Waals surface area (Å²) in [6.45, 7) is 9.98. The van der Waals surface area contributed by atoms with Gasteiger partial charge in [0.2, 0.25) is 0 Å². The number of aliphatic hydroxyl groups is 1. The Morgan fingerprint density at radius 2 is 1.58 bits per heavy atom.